The molecule has 1 amide bonds. The molecule has 6 nitrogen and oxygen atoms in total. The number of hydrogen-bond acceptors (Lipinski definition) is 5. The van der Waals surface area contributed by atoms with E-state index in [1.807, 2.05) is 22.6 Å². The minimum atomic E-state index is -1.62. The van der Waals surface area contributed by atoms with Gasteiger partial charge in [0.05, 0.1) is 16.9 Å². The van der Waals surface area contributed by atoms with E-state index < -0.39 is 53.3 Å². The van der Waals surface area contributed by atoms with E-state index in [2.05, 4.69) is 5.32 Å². The highest BCUT2D eigenvalue weighted by Gasteiger charge is 2.24. The molecule has 140 valence electrons. The number of amides is 1. The van der Waals surface area contributed by atoms with Crippen molar-refractivity contribution in [2.75, 3.05) is 11.9 Å². The maximum absolute atomic E-state index is 14.4. The molecule has 1 atom stereocenters. The average Bonchev–Trinajstić information content (AvgIpc) is 2.56. The molecule has 2 aromatic carbocycles. The van der Waals surface area contributed by atoms with Crippen LogP contribution in [0.5, 0.6) is 5.75 Å². The van der Waals surface area contributed by atoms with E-state index >= 15 is 0 Å². The third kappa shape index (κ3) is 4.56. The maximum atomic E-state index is 14.4. The van der Waals surface area contributed by atoms with Crippen LogP contribution in [0.3, 0.4) is 0 Å². The number of aliphatic hydroxyl groups is 2. The molecule has 0 aliphatic rings. The third-order valence-electron chi connectivity index (χ3n) is 3.27. The molecule has 0 bridgehead atoms. The van der Waals surface area contributed by atoms with Crippen molar-refractivity contribution in [3.05, 3.63) is 50.9 Å². The molecule has 0 aliphatic heterocycles. The largest absolute Gasteiger partial charge is 0.462 e. The van der Waals surface area contributed by atoms with E-state index in [0.29, 0.717) is 3.57 Å². The fraction of sp³-hybridized carbons (Fsp3) is 0.188. The third-order valence-corrected chi connectivity index (χ3v) is 3.94. The van der Waals surface area contributed by atoms with Gasteiger partial charge in [-0.3, -0.25) is 4.79 Å². The number of carbonyl (C=O) groups is 1. The summed E-state index contributed by atoms with van der Waals surface area (Å²) in [4.78, 5) is 11.6. The van der Waals surface area contributed by atoms with Crippen molar-refractivity contribution < 1.29 is 32.9 Å². The number of anilines is 2. The Morgan fingerprint density at radius 2 is 1.96 bits per heavy atom. The highest BCUT2D eigenvalue weighted by Crippen LogP contribution is 2.33. The summed E-state index contributed by atoms with van der Waals surface area (Å²) in [6.45, 7) is -0.459. The normalized spacial score (nSPS) is 11.9. The zero-order valence-corrected chi connectivity index (χ0v) is 15.3. The lowest BCUT2D eigenvalue weighted by atomic mass is 10.1. The molecule has 0 spiro atoms. The van der Waals surface area contributed by atoms with Gasteiger partial charge in [0.2, 0.25) is 5.82 Å². The van der Waals surface area contributed by atoms with Gasteiger partial charge in [-0.25, -0.2) is 8.78 Å². The summed E-state index contributed by atoms with van der Waals surface area (Å²) in [5.41, 5.74) is 3.82. The number of nitrogens with one attached hydrogen (secondary N) is 1. The summed E-state index contributed by atoms with van der Waals surface area (Å²) in [7, 11) is 0. The fourth-order valence-corrected chi connectivity index (χ4v) is 2.50. The monoisotopic (exact) mass is 482 g/mol. The van der Waals surface area contributed by atoms with Crippen molar-refractivity contribution in [3.8, 4) is 5.75 Å². The second kappa shape index (κ2) is 8.56. The number of primary amides is 1. The molecule has 0 fully saturated rings. The van der Waals surface area contributed by atoms with Crippen LogP contribution in [0, 0.1) is 21.0 Å². The van der Waals surface area contributed by atoms with Crippen LogP contribution in [0.2, 0.25) is 0 Å². The minimum Gasteiger partial charge on any atom is -0.462 e. The molecule has 0 aliphatic carbocycles. The van der Waals surface area contributed by atoms with Crippen LogP contribution in [0.25, 0.3) is 0 Å². The molecular weight excluding hydrogens is 468 g/mol. The van der Waals surface area contributed by atoms with Crippen molar-refractivity contribution in [2.24, 2.45) is 5.73 Å². The molecule has 0 unspecified atom stereocenters. The van der Waals surface area contributed by atoms with Crippen LogP contribution < -0.4 is 15.8 Å². The summed E-state index contributed by atoms with van der Waals surface area (Å²) < 4.78 is 48.0. The van der Waals surface area contributed by atoms with E-state index in [1.165, 1.54) is 12.1 Å². The topological polar surface area (TPSA) is 105 Å². The number of ether oxygens (including phenoxy) is 1. The van der Waals surface area contributed by atoms with E-state index in [9.17, 15) is 23.1 Å². The highest BCUT2D eigenvalue weighted by atomic mass is 127. The highest BCUT2D eigenvalue weighted by molar-refractivity contribution is 14.1. The van der Waals surface area contributed by atoms with Crippen molar-refractivity contribution in [1.29, 1.82) is 0 Å². The van der Waals surface area contributed by atoms with E-state index in [0.717, 1.165) is 12.1 Å². The van der Waals surface area contributed by atoms with Crippen LogP contribution in [-0.4, -0.2) is 29.0 Å². The lowest BCUT2D eigenvalue weighted by Gasteiger charge is -2.17. The molecule has 26 heavy (non-hydrogen) atoms. The average molecular weight is 482 g/mol. The Labute approximate surface area is 159 Å². The first-order chi connectivity index (χ1) is 12.2. The van der Waals surface area contributed by atoms with Crippen LogP contribution in [0.15, 0.2) is 24.3 Å². The Kier molecular flexibility index (Phi) is 6.67. The molecule has 2 rings (SSSR count). The van der Waals surface area contributed by atoms with Crippen LogP contribution >= 0.6 is 22.6 Å². The number of benzene rings is 2. The quantitative estimate of drug-likeness (QED) is 0.359. The van der Waals surface area contributed by atoms with Gasteiger partial charge in [0.1, 0.15) is 5.82 Å². The zero-order valence-electron chi connectivity index (χ0n) is 13.1. The maximum Gasteiger partial charge on any atom is 0.251 e. The first kappa shape index (κ1) is 20.3. The van der Waals surface area contributed by atoms with Gasteiger partial charge >= 0.3 is 0 Å². The Morgan fingerprint density at radius 3 is 2.54 bits per heavy atom. The number of halogens is 4. The second-order valence-corrected chi connectivity index (χ2v) is 6.37. The van der Waals surface area contributed by atoms with Gasteiger partial charge in [0.15, 0.2) is 17.9 Å². The molecule has 0 saturated carbocycles. The summed E-state index contributed by atoms with van der Waals surface area (Å²) in [5.74, 6) is -5.69. The molecular formula is C16H14F3IN2O4. The molecule has 0 aromatic heterocycles. The predicted molar refractivity (Wildman–Crippen MR) is 95.6 cm³/mol. The van der Waals surface area contributed by atoms with Gasteiger partial charge in [-0.2, -0.15) is 4.39 Å². The van der Waals surface area contributed by atoms with Crippen LogP contribution in [0.4, 0.5) is 24.5 Å². The fourth-order valence-electron chi connectivity index (χ4n) is 2.05. The molecule has 0 radical (unpaired) electrons. The van der Waals surface area contributed by atoms with Gasteiger partial charge < -0.3 is 26.0 Å². The first-order valence-corrected chi connectivity index (χ1v) is 8.32. The Morgan fingerprint density at radius 1 is 1.27 bits per heavy atom. The zero-order chi connectivity index (χ0) is 19.4. The van der Waals surface area contributed by atoms with Crippen LogP contribution in [-0.2, 0) is 0 Å². The Balaban J connectivity index is 2.48. The van der Waals surface area contributed by atoms with Crippen molar-refractivity contribution in [3.63, 3.8) is 0 Å². The standard InChI is InChI=1S/C16H14F3IN2O4/c17-9-5-7(20)1-2-10(9)22-15-8(16(21)25)6-11(13(18)14(15)19)26-12(24)3-4-23/h1-2,5-6,12,22-24H,3-4H2,(H2,21,25)/t12-/m1/s1. The smallest absolute Gasteiger partial charge is 0.251 e. The number of aliphatic hydroxyl groups excluding tert-OH is 2. The second-order valence-electron chi connectivity index (χ2n) is 5.12. The SMILES string of the molecule is NC(=O)c1cc(O[C@@H](O)CCO)c(F)c(F)c1Nc1ccc(I)cc1F. The van der Waals surface area contributed by atoms with Gasteiger partial charge in [0.25, 0.3) is 5.91 Å². The number of hydrogen-bond donors (Lipinski definition) is 4. The van der Waals surface area contributed by atoms with E-state index in [1.54, 1.807) is 0 Å². The molecule has 0 saturated heterocycles. The van der Waals surface area contributed by atoms with E-state index in [-0.39, 0.29) is 12.1 Å². The Hall–Kier alpha value is -2.05. The van der Waals surface area contributed by atoms with Gasteiger partial charge in [-0.05, 0) is 46.9 Å². The van der Waals surface area contributed by atoms with Crippen LogP contribution in [0.1, 0.15) is 16.8 Å². The van der Waals surface area contributed by atoms with Crippen molar-refractivity contribution >= 4 is 39.9 Å². The summed E-state index contributed by atoms with van der Waals surface area (Å²) in [6.07, 6.45) is -1.89. The molecule has 0 heterocycles. The lowest BCUT2D eigenvalue weighted by molar-refractivity contribution is -0.0353. The summed E-state index contributed by atoms with van der Waals surface area (Å²) in [6, 6.07) is 4.75. The minimum absolute atomic E-state index is 0.194. The molecule has 2 aromatic rings. The molecule has 10 heteroatoms. The number of carbonyl (C=O) groups excluding carboxylic acids is 1. The first-order valence-electron chi connectivity index (χ1n) is 7.24. The summed E-state index contributed by atoms with van der Waals surface area (Å²) in [5, 5.41) is 20.5. The van der Waals surface area contributed by atoms with Gasteiger partial charge in [-0.15, -0.1) is 0 Å². The van der Waals surface area contributed by atoms with Crippen molar-refractivity contribution in [1.82, 2.24) is 0 Å². The molecule has 5 N–H and O–H groups in total. The predicted octanol–water partition coefficient (Wildman–Crippen LogP) is 2.63. The van der Waals surface area contributed by atoms with Gasteiger partial charge in [-0.1, -0.05) is 0 Å². The van der Waals surface area contributed by atoms with Gasteiger partial charge in [0, 0.05) is 16.6 Å². The van der Waals surface area contributed by atoms with E-state index in [4.69, 9.17) is 15.6 Å². The summed E-state index contributed by atoms with van der Waals surface area (Å²) >= 11 is 1.87. The lowest BCUT2D eigenvalue weighted by Crippen LogP contribution is -2.20. The number of rotatable bonds is 7. The number of nitrogens with two attached hydrogens (primary N) is 1. The van der Waals surface area contributed by atoms with Crippen molar-refractivity contribution in [2.45, 2.75) is 12.7 Å². The Bertz CT molecular complexity index is 836.